The number of hydrogen-bond acceptors (Lipinski definition) is 3. The van der Waals surface area contributed by atoms with Crippen molar-refractivity contribution in [2.75, 3.05) is 17.8 Å². The molecule has 20 heavy (non-hydrogen) atoms. The Labute approximate surface area is 128 Å². The van der Waals surface area contributed by atoms with Crippen LogP contribution in [0.15, 0.2) is 24.3 Å². The van der Waals surface area contributed by atoms with Crippen molar-refractivity contribution in [2.24, 2.45) is 0 Å². The smallest absolute Gasteiger partial charge is 0.412 e. The number of carbonyl (C=O) groups excluding carboxylic acids is 2. The Morgan fingerprint density at radius 2 is 1.95 bits per heavy atom. The largest absolute Gasteiger partial charge is 0.436 e. The summed E-state index contributed by atoms with van der Waals surface area (Å²) < 4.78 is 4.76. The van der Waals surface area contributed by atoms with Gasteiger partial charge in [0, 0.05) is 10.7 Å². The molecule has 0 atom stereocenters. The highest BCUT2D eigenvalue weighted by atomic mass is 35.5. The van der Waals surface area contributed by atoms with Gasteiger partial charge in [-0.15, -0.1) is 11.6 Å². The molecule has 0 aliphatic carbocycles. The molecule has 6 heteroatoms. The van der Waals surface area contributed by atoms with Crippen LogP contribution in [0.4, 0.5) is 10.5 Å². The molecule has 0 bridgehead atoms. The summed E-state index contributed by atoms with van der Waals surface area (Å²) in [7, 11) is 0. The first-order valence-electron chi connectivity index (χ1n) is 5.64. The number of rotatable bonds is 2. The Kier molecular flexibility index (Phi) is 10.2. The zero-order valence-electron chi connectivity index (χ0n) is 11.2. The van der Waals surface area contributed by atoms with Gasteiger partial charge in [0.05, 0.1) is 5.88 Å². The molecule has 0 fully saturated rings. The molecule has 0 aliphatic rings. The van der Waals surface area contributed by atoms with Crippen LogP contribution in [0, 0.1) is 11.8 Å². The zero-order chi connectivity index (χ0) is 15.4. The van der Waals surface area contributed by atoms with Crippen molar-refractivity contribution in [1.82, 2.24) is 0 Å². The van der Waals surface area contributed by atoms with Gasteiger partial charge in [-0.3, -0.25) is 5.32 Å². The van der Waals surface area contributed by atoms with Crippen LogP contribution in [0.5, 0.6) is 0 Å². The fraction of sp³-hybridized carbons (Fsp3) is 0.286. The Hall–Kier alpha value is -1.70. The number of anilines is 1. The molecule has 0 saturated carbocycles. The van der Waals surface area contributed by atoms with Crippen LogP contribution < -0.4 is 5.32 Å². The van der Waals surface area contributed by atoms with Gasteiger partial charge in [0.15, 0.2) is 6.61 Å². The second kappa shape index (κ2) is 11.2. The predicted molar refractivity (Wildman–Crippen MR) is 81.3 cm³/mol. The van der Waals surface area contributed by atoms with E-state index >= 15 is 0 Å². The van der Waals surface area contributed by atoms with Crippen LogP contribution in [0.1, 0.15) is 13.8 Å². The summed E-state index contributed by atoms with van der Waals surface area (Å²) in [6.07, 6.45) is -0.578. The lowest BCUT2D eigenvalue weighted by Gasteiger charge is -2.04. The molecular formula is C14H15Cl2NO3. The number of hydrogen-bond donors (Lipinski definition) is 1. The maximum atomic E-state index is 11.2. The minimum absolute atomic E-state index is 0.0130. The van der Waals surface area contributed by atoms with E-state index in [0.29, 0.717) is 10.7 Å². The topological polar surface area (TPSA) is 55.4 Å². The maximum Gasteiger partial charge on any atom is 0.412 e. The van der Waals surface area contributed by atoms with E-state index in [1.807, 2.05) is 0 Å². The lowest BCUT2D eigenvalue weighted by molar-refractivity contribution is -0.114. The highest BCUT2D eigenvalue weighted by Gasteiger charge is 2.01. The quantitative estimate of drug-likeness (QED) is 0.668. The molecule has 0 aliphatic heterocycles. The molecule has 1 aromatic rings. The number of amides is 1. The summed E-state index contributed by atoms with van der Waals surface area (Å²) >= 11 is 11.1. The molecule has 0 spiro atoms. The van der Waals surface area contributed by atoms with Crippen LogP contribution in [0.25, 0.3) is 0 Å². The van der Waals surface area contributed by atoms with Crippen molar-refractivity contribution in [3.05, 3.63) is 29.3 Å². The SMILES string of the molecule is CC(C)=O.O=C(Nc1cccc(Cl)c1)OCC#CCCl. The Morgan fingerprint density at radius 1 is 1.30 bits per heavy atom. The Balaban J connectivity index is 0.000000796. The lowest BCUT2D eigenvalue weighted by Crippen LogP contribution is -2.13. The first-order chi connectivity index (χ1) is 9.45. The van der Waals surface area contributed by atoms with Crippen molar-refractivity contribution in [2.45, 2.75) is 13.8 Å². The fourth-order valence-electron chi connectivity index (χ4n) is 0.920. The number of halogens is 2. The van der Waals surface area contributed by atoms with Crippen molar-refractivity contribution < 1.29 is 14.3 Å². The standard InChI is InChI=1S/C11H9Cl2NO2.C3H6O/c12-6-1-2-7-16-11(15)14-10-5-3-4-9(13)8-10;1-3(2)4/h3-5,8H,6-7H2,(H,14,15);1-2H3. The third kappa shape index (κ3) is 11.4. The van der Waals surface area contributed by atoms with E-state index in [1.165, 1.54) is 13.8 Å². The van der Waals surface area contributed by atoms with E-state index in [-0.39, 0.29) is 18.3 Å². The van der Waals surface area contributed by atoms with Crippen molar-refractivity contribution in [3.8, 4) is 11.8 Å². The van der Waals surface area contributed by atoms with E-state index < -0.39 is 6.09 Å². The van der Waals surface area contributed by atoms with Gasteiger partial charge in [-0.2, -0.15) is 0 Å². The number of alkyl halides is 1. The van der Waals surface area contributed by atoms with Gasteiger partial charge in [0.2, 0.25) is 0 Å². The van der Waals surface area contributed by atoms with Crippen LogP contribution in [0.2, 0.25) is 5.02 Å². The van der Waals surface area contributed by atoms with Gasteiger partial charge >= 0.3 is 6.09 Å². The third-order valence-corrected chi connectivity index (χ3v) is 1.91. The van der Waals surface area contributed by atoms with E-state index in [4.69, 9.17) is 27.9 Å². The van der Waals surface area contributed by atoms with E-state index in [9.17, 15) is 9.59 Å². The first-order valence-corrected chi connectivity index (χ1v) is 6.55. The molecule has 1 aromatic carbocycles. The van der Waals surface area contributed by atoms with Gasteiger partial charge in [0.1, 0.15) is 5.78 Å². The highest BCUT2D eigenvalue weighted by molar-refractivity contribution is 6.30. The average Bonchev–Trinajstić information content (AvgIpc) is 2.34. The zero-order valence-corrected chi connectivity index (χ0v) is 12.7. The second-order valence-electron chi connectivity index (χ2n) is 3.61. The van der Waals surface area contributed by atoms with Crippen LogP contribution >= 0.6 is 23.2 Å². The number of Topliss-reactive ketones (excluding diaryl/α,β-unsaturated/α-hetero) is 1. The maximum absolute atomic E-state index is 11.2. The predicted octanol–water partition coefficient (Wildman–Crippen LogP) is 3.73. The van der Waals surface area contributed by atoms with E-state index in [1.54, 1.807) is 24.3 Å². The van der Waals surface area contributed by atoms with Crippen molar-refractivity contribution in [1.29, 1.82) is 0 Å². The summed E-state index contributed by atoms with van der Waals surface area (Å²) in [6, 6.07) is 6.76. The summed E-state index contributed by atoms with van der Waals surface area (Å²) in [5, 5.41) is 3.05. The minimum Gasteiger partial charge on any atom is -0.436 e. The molecule has 1 amide bonds. The number of carbonyl (C=O) groups is 2. The molecule has 108 valence electrons. The monoisotopic (exact) mass is 315 g/mol. The van der Waals surface area contributed by atoms with Crippen LogP contribution in [0.3, 0.4) is 0 Å². The summed E-state index contributed by atoms with van der Waals surface area (Å²) in [6.45, 7) is 3.07. The van der Waals surface area contributed by atoms with Crippen LogP contribution in [-0.2, 0) is 9.53 Å². The lowest BCUT2D eigenvalue weighted by atomic mass is 10.3. The number of nitrogens with one attached hydrogen (secondary N) is 1. The van der Waals surface area contributed by atoms with Gasteiger partial charge in [-0.25, -0.2) is 4.79 Å². The van der Waals surface area contributed by atoms with Crippen LogP contribution in [-0.4, -0.2) is 24.4 Å². The molecule has 0 radical (unpaired) electrons. The number of ether oxygens (including phenoxy) is 1. The van der Waals surface area contributed by atoms with E-state index in [0.717, 1.165) is 0 Å². The molecule has 0 aromatic heterocycles. The highest BCUT2D eigenvalue weighted by Crippen LogP contribution is 2.14. The fourth-order valence-corrected chi connectivity index (χ4v) is 1.20. The third-order valence-electron chi connectivity index (χ3n) is 1.54. The molecule has 1 N–H and O–H groups in total. The minimum atomic E-state index is -0.578. The van der Waals surface area contributed by atoms with Gasteiger partial charge in [0.25, 0.3) is 0 Å². The van der Waals surface area contributed by atoms with Gasteiger partial charge in [-0.1, -0.05) is 29.5 Å². The summed E-state index contributed by atoms with van der Waals surface area (Å²) in [5.41, 5.74) is 0.572. The molecule has 4 nitrogen and oxygen atoms in total. The molecule has 0 saturated heterocycles. The normalized spacial score (nSPS) is 8.40. The Bertz CT molecular complexity index is 503. The van der Waals surface area contributed by atoms with Crippen molar-refractivity contribution >= 4 is 40.8 Å². The Morgan fingerprint density at radius 3 is 2.50 bits per heavy atom. The summed E-state index contributed by atoms with van der Waals surface area (Å²) in [4.78, 5) is 20.7. The summed E-state index contributed by atoms with van der Waals surface area (Å²) in [5.74, 6) is 5.53. The average molecular weight is 316 g/mol. The van der Waals surface area contributed by atoms with Gasteiger partial charge in [-0.05, 0) is 32.0 Å². The first kappa shape index (κ1) is 18.3. The molecule has 0 heterocycles. The van der Waals surface area contributed by atoms with Crippen molar-refractivity contribution in [3.63, 3.8) is 0 Å². The second-order valence-corrected chi connectivity index (χ2v) is 4.31. The molecule has 1 rings (SSSR count). The molecule has 0 unspecified atom stereocenters. The van der Waals surface area contributed by atoms with Gasteiger partial charge < -0.3 is 9.53 Å². The van der Waals surface area contributed by atoms with E-state index in [2.05, 4.69) is 17.2 Å². The molecular weight excluding hydrogens is 301 g/mol. The number of benzene rings is 1. The number of ketones is 1.